The molecule has 0 atom stereocenters. The highest BCUT2D eigenvalue weighted by atomic mass is 16.5. The highest BCUT2D eigenvalue weighted by Gasteiger charge is 2.08. The smallest absolute Gasteiger partial charge is 0.156 e. The van der Waals surface area contributed by atoms with E-state index in [1.165, 1.54) is 0 Å². The first-order chi connectivity index (χ1) is 9.72. The van der Waals surface area contributed by atoms with Crippen molar-refractivity contribution in [3.8, 4) is 0 Å². The third-order valence-electron chi connectivity index (χ3n) is 2.92. The van der Waals surface area contributed by atoms with Crippen molar-refractivity contribution in [1.82, 2.24) is 19.5 Å². The van der Waals surface area contributed by atoms with Crippen LogP contribution in [0.15, 0.2) is 18.5 Å². The molecule has 2 rings (SSSR count). The summed E-state index contributed by atoms with van der Waals surface area (Å²) in [6.45, 7) is 3.43. The lowest BCUT2D eigenvalue weighted by Crippen LogP contribution is -2.09. The molecule has 2 aromatic rings. The van der Waals surface area contributed by atoms with Crippen LogP contribution in [0.25, 0.3) is 0 Å². The van der Waals surface area contributed by atoms with Crippen LogP contribution >= 0.6 is 0 Å². The number of nitrogens with zero attached hydrogens (tertiary/aromatic N) is 4. The summed E-state index contributed by atoms with van der Waals surface area (Å²) in [6.07, 6.45) is 5.47. The van der Waals surface area contributed by atoms with E-state index in [-0.39, 0.29) is 0 Å². The van der Waals surface area contributed by atoms with E-state index in [4.69, 9.17) is 4.74 Å². The maximum atomic E-state index is 5.13. The molecule has 2 heterocycles. The van der Waals surface area contributed by atoms with E-state index in [1.807, 2.05) is 23.9 Å². The molecule has 0 amide bonds. The maximum absolute atomic E-state index is 5.13. The molecule has 108 valence electrons. The monoisotopic (exact) mass is 275 g/mol. The second-order valence-electron chi connectivity index (χ2n) is 4.65. The maximum Gasteiger partial charge on any atom is 0.156 e. The third-order valence-corrected chi connectivity index (χ3v) is 2.92. The normalized spacial score (nSPS) is 10.8. The van der Waals surface area contributed by atoms with Crippen LogP contribution in [0.5, 0.6) is 0 Å². The molecule has 0 aliphatic heterocycles. The largest absolute Gasteiger partial charge is 0.377 e. The highest BCUT2D eigenvalue weighted by Crippen LogP contribution is 2.11. The predicted molar refractivity (Wildman–Crippen MR) is 77.5 cm³/mol. The van der Waals surface area contributed by atoms with Gasteiger partial charge in [-0.3, -0.25) is 0 Å². The summed E-state index contributed by atoms with van der Waals surface area (Å²) in [5.41, 5.74) is 0.944. The summed E-state index contributed by atoms with van der Waals surface area (Å²) in [7, 11) is 3.63. The van der Waals surface area contributed by atoms with Gasteiger partial charge in [-0.15, -0.1) is 0 Å². The second kappa shape index (κ2) is 7.00. The zero-order valence-electron chi connectivity index (χ0n) is 12.3. The van der Waals surface area contributed by atoms with Crippen LogP contribution in [-0.4, -0.2) is 33.2 Å². The van der Waals surface area contributed by atoms with Crippen LogP contribution < -0.4 is 5.32 Å². The molecule has 0 fully saturated rings. The standard InChI is InChI=1S/C14H21N5O/c1-4-5-15-12-8-11(17-13(18-12)10-20-3)9-14-16-6-7-19(14)2/h6-8H,4-5,9-10H2,1-3H3,(H,15,17,18). The van der Waals surface area contributed by atoms with Gasteiger partial charge in [0.2, 0.25) is 0 Å². The number of ether oxygens (including phenoxy) is 1. The number of aromatic nitrogens is 4. The molecule has 0 aromatic carbocycles. The van der Waals surface area contributed by atoms with Gasteiger partial charge in [-0.05, 0) is 6.42 Å². The van der Waals surface area contributed by atoms with Crippen molar-refractivity contribution in [2.45, 2.75) is 26.4 Å². The number of aryl methyl sites for hydroxylation is 1. The zero-order chi connectivity index (χ0) is 14.4. The molecular formula is C14H21N5O. The fourth-order valence-electron chi connectivity index (χ4n) is 1.91. The molecular weight excluding hydrogens is 254 g/mol. The van der Waals surface area contributed by atoms with Gasteiger partial charge in [0.1, 0.15) is 18.2 Å². The Labute approximate surface area is 119 Å². The Balaban J connectivity index is 2.21. The fraction of sp³-hybridized carbons (Fsp3) is 0.500. The lowest BCUT2D eigenvalue weighted by atomic mass is 10.2. The van der Waals surface area contributed by atoms with Gasteiger partial charge in [-0.1, -0.05) is 6.92 Å². The van der Waals surface area contributed by atoms with Gasteiger partial charge < -0.3 is 14.6 Å². The van der Waals surface area contributed by atoms with Gasteiger partial charge in [0.05, 0.1) is 5.69 Å². The van der Waals surface area contributed by atoms with E-state index in [0.29, 0.717) is 18.9 Å². The summed E-state index contributed by atoms with van der Waals surface area (Å²) >= 11 is 0. The quantitative estimate of drug-likeness (QED) is 0.834. The van der Waals surface area contributed by atoms with Crippen LogP contribution in [0.1, 0.15) is 30.7 Å². The molecule has 0 saturated heterocycles. The Morgan fingerprint density at radius 2 is 2.20 bits per heavy atom. The van der Waals surface area contributed by atoms with Crippen LogP contribution in [-0.2, 0) is 24.8 Å². The van der Waals surface area contributed by atoms with E-state index in [0.717, 1.165) is 30.3 Å². The van der Waals surface area contributed by atoms with Crippen molar-refractivity contribution in [2.75, 3.05) is 19.0 Å². The van der Waals surface area contributed by atoms with Crippen molar-refractivity contribution in [1.29, 1.82) is 0 Å². The second-order valence-corrected chi connectivity index (χ2v) is 4.65. The van der Waals surface area contributed by atoms with E-state index in [2.05, 4.69) is 27.2 Å². The highest BCUT2D eigenvalue weighted by molar-refractivity contribution is 5.36. The molecule has 0 spiro atoms. The third kappa shape index (κ3) is 3.77. The summed E-state index contributed by atoms with van der Waals surface area (Å²) in [6, 6.07) is 1.98. The number of imidazole rings is 1. The number of hydrogen-bond donors (Lipinski definition) is 1. The van der Waals surface area contributed by atoms with Crippen molar-refractivity contribution >= 4 is 5.82 Å². The van der Waals surface area contributed by atoms with Gasteiger partial charge in [-0.2, -0.15) is 0 Å². The molecule has 6 nitrogen and oxygen atoms in total. The number of methoxy groups -OCH3 is 1. The first-order valence-electron chi connectivity index (χ1n) is 6.78. The first kappa shape index (κ1) is 14.5. The summed E-state index contributed by atoms with van der Waals surface area (Å²) in [5, 5.41) is 3.29. The van der Waals surface area contributed by atoms with Crippen LogP contribution in [0.4, 0.5) is 5.82 Å². The van der Waals surface area contributed by atoms with Gasteiger partial charge in [-0.25, -0.2) is 15.0 Å². The fourth-order valence-corrected chi connectivity index (χ4v) is 1.91. The summed E-state index contributed by atoms with van der Waals surface area (Å²) in [4.78, 5) is 13.3. The predicted octanol–water partition coefficient (Wildman–Crippen LogP) is 1.77. The van der Waals surface area contributed by atoms with Gasteiger partial charge >= 0.3 is 0 Å². The summed E-state index contributed by atoms with van der Waals surface area (Å²) < 4.78 is 7.12. The topological polar surface area (TPSA) is 64.9 Å². The molecule has 0 bridgehead atoms. The number of hydrogen-bond acceptors (Lipinski definition) is 5. The van der Waals surface area contributed by atoms with E-state index in [9.17, 15) is 0 Å². The minimum Gasteiger partial charge on any atom is -0.377 e. The minimum atomic E-state index is 0.412. The zero-order valence-corrected chi connectivity index (χ0v) is 12.3. The molecule has 2 aromatic heterocycles. The molecule has 1 N–H and O–H groups in total. The van der Waals surface area contributed by atoms with Crippen LogP contribution in [0, 0.1) is 0 Å². The van der Waals surface area contributed by atoms with E-state index >= 15 is 0 Å². The van der Waals surface area contributed by atoms with Crippen molar-refractivity contribution in [2.24, 2.45) is 7.05 Å². The van der Waals surface area contributed by atoms with Crippen LogP contribution in [0.2, 0.25) is 0 Å². The minimum absolute atomic E-state index is 0.412. The molecule has 0 aliphatic rings. The van der Waals surface area contributed by atoms with Crippen molar-refractivity contribution < 1.29 is 4.74 Å². The Kier molecular flexibility index (Phi) is 5.06. The lowest BCUT2D eigenvalue weighted by Gasteiger charge is -2.09. The Bertz CT molecular complexity index is 552. The Hall–Kier alpha value is -1.95. The summed E-state index contributed by atoms with van der Waals surface area (Å²) in [5.74, 6) is 2.52. The van der Waals surface area contributed by atoms with Crippen molar-refractivity contribution in [3.05, 3.63) is 35.8 Å². The molecule has 6 heteroatoms. The van der Waals surface area contributed by atoms with Gasteiger partial charge in [0.15, 0.2) is 5.82 Å². The number of anilines is 1. The molecule has 0 radical (unpaired) electrons. The van der Waals surface area contributed by atoms with Gasteiger partial charge in [0, 0.05) is 45.6 Å². The van der Waals surface area contributed by atoms with E-state index < -0.39 is 0 Å². The lowest BCUT2D eigenvalue weighted by molar-refractivity contribution is 0.177. The molecule has 0 unspecified atom stereocenters. The van der Waals surface area contributed by atoms with Crippen LogP contribution in [0.3, 0.4) is 0 Å². The number of rotatable bonds is 7. The Morgan fingerprint density at radius 1 is 1.35 bits per heavy atom. The average molecular weight is 275 g/mol. The average Bonchev–Trinajstić information content (AvgIpc) is 2.82. The Morgan fingerprint density at radius 3 is 2.85 bits per heavy atom. The van der Waals surface area contributed by atoms with Gasteiger partial charge in [0.25, 0.3) is 0 Å². The molecule has 20 heavy (non-hydrogen) atoms. The first-order valence-corrected chi connectivity index (χ1v) is 6.78. The van der Waals surface area contributed by atoms with Crippen molar-refractivity contribution in [3.63, 3.8) is 0 Å². The van der Waals surface area contributed by atoms with E-state index in [1.54, 1.807) is 13.3 Å². The molecule has 0 aliphatic carbocycles. The SMILES string of the molecule is CCCNc1cc(Cc2nccn2C)nc(COC)n1. The number of nitrogens with one attached hydrogen (secondary N) is 1. The molecule has 0 saturated carbocycles.